The van der Waals surface area contributed by atoms with Crippen molar-refractivity contribution in [2.75, 3.05) is 5.43 Å². The molecule has 1 aromatic heterocycles. The topological polar surface area (TPSA) is 100 Å². The van der Waals surface area contributed by atoms with Crippen molar-refractivity contribution in [3.8, 4) is 0 Å². The van der Waals surface area contributed by atoms with E-state index in [9.17, 15) is 14.9 Å². The van der Waals surface area contributed by atoms with Gasteiger partial charge in [-0.15, -0.1) is 0 Å². The molecule has 1 amide bonds. The zero-order valence-electron chi connectivity index (χ0n) is 11.4. The fraction of sp³-hybridized carbons (Fsp3) is 0. The predicted octanol–water partition coefficient (Wildman–Crippen LogP) is 2.83. The van der Waals surface area contributed by atoms with E-state index in [1.807, 2.05) is 24.3 Å². The Hall–Kier alpha value is -3.35. The van der Waals surface area contributed by atoms with Gasteiger partial charge in [0.2, 0.25) is 0 Å². The highest BCUT2D eigenvalue weighted by atomic mass is 16.6. The molecule has 1 heterocycles. The first-order valence-electron chi connectivity index (χ1n) is 6.52. The SMILES string of the molecule is O=C(NNc1ccc([N+](=O)[O-])cc1)c1cc2ccccc2[nH]1. The monoisotopic (exact) mass is 296 g/mol. The third kappa shape index (κ3) is 2.73. The van der Waals surface area contributed by atoms with Gasteiger partial charge in [0.1, 0.15) is 5.69 Å². The van der Waals surface area contributed by atoms with Crippen LogP contribution in [0.5, 0.6) is 0 Å². The molecule has 0 spiro atoms. The van der Waals surface area contributed by atoms with Gasteiger partial charge in [-0.2, -0.15) is 0 Å². The summed E-state index contributed by atoms with van der Waals surface area (Å²) in [5, 5.41) is 11.5. The van der Waals surface area contributed by atoms with Crippen LogP contribution in [0.1, 0.15) is 10.5 Å². The fourth-order valence-corrected chi connectivity index (χ4v) is 2.06. The third-order valence-corrected chi connectivity index (χ3v) is 3.17. The number of rotatable bonds is 4. The first kappa shape index (κ1) is 13.6. The highest BCUT2D eigenvalue weighted by molar-refractivity contribution is 5.98. The standard InChI is InChI=1S/C15H12N4O3/c20-15(14-9-10-3-1-2-4-13(10)16-14)18-17-11-5-7-12(8-6-11)19(21)22/h1-9,16-17H,(H,18,20). The maximum absolute atomic E-state index is 12.0. The van der Waals surface area contributed by atoms with Crippen LogP contribution in [0.4, 0.5) is 11.4 Å². The molecule has 0 radical (unpaired) electrons. The number of carbonyl (C=O) groups is 1. The number of hydrazine groups is 1. The van der Waals surface area contributed by atoms with Crippen LogP contribution in [0, 0.1) is 10.1 Å². The van der Waals surface area contributed by atoms with Gasteiger partial charge in [0.05, 0.1) is 10.6 Å². The Bertz CT molecular complexity index is 806. The molecule has 7 nitrogen and oxygen atoms in total. The van der Waals surface area contributed by atoms with Crippen LogP contribution in [0.2, 0.25) is 0 Å². The summed E-state index contributed by atoms with van der Waals surface area (Å²) in [4.78, 5) is 25.1. The van der Waals surface area contributed by atoms with Gasteiger partial charge in [0, 0.05) is 23.0 Å². The number of H-pyrrole nitrogens is 1. The number of para-hydroxylation sites is 1. The van der Waals surface area contributed by atoms with Gasteiger partial charge in [-0.3, -0.25) is 25.8 Å². The van der Waals surface area contributed by atoms with Crippen molar-refractivity contribution in [1.29, 1.82) is 0 Å². The largest absolute Gasteiger partial charge is 0.350 e. The van der Waals surface area contributed by atoms with E-state index in [-0.39, 0.29) is 11.6 Å². The number of aromatic amines is 1. The first-order chi connectivity index (χ1) is 10.6. The van der Waals surface area contributed by atoms with Gasteiger partial charge in [-0.1, -0.05) is 18.2 Å². The molecule has 0 fully saturated rings. The molecular formula is C15H12N4O3. The van der Waals surface area contributed by atoms with Crippen LogP contribution in [0.25, 0.3) is 10.9 Å². The minimum absolute atomic E-state index is 0.00695. The summed E-state index contributed by atoms with van der Waals surface area (Å²) in [5.41, 5.74) is 7.09. The summed E-state index contributed by atoms with van der Waals surface area (Å²) in [6, 6.07) is 15.1. The number of nitro benzene ring substituents is 1. The quantitative estimate of drug-likeness (QED) is 0.509. The van der Waals surface area contributed by atoms with Crippen molar-refractivity contribution in [2.24, 2.45) is 0 Å². The first-order valence-corrected chi connectivity index (χ1v) is 6.52. The number of nitro groups is 1. The highest BCUT2D eigenvalue weighted by Gasteiger charge is 2.09. The number of nitrogens with zero attached hydrogens (tertiary/aromatic N) is 1. The Labute approximate surface area is 125 Å². The second-order valence-corrected chi connectivity index (χ2v) is 4.65. The zero-order valence-corrected chi connectivity index (χ0v) is 11.4. The number of nitrogens with one attached hydrogen (secondary N) is 3. The Morgan fingerprint density at radius 2 is 1.82 bits per heavy atom. The van der Waals surface area contributed by atoms with Crippen molar-refractivity contribution in [1.82, 2.24) is 10.4 Å². The van der Waals surface area contributed by atoms with Gasteiger partial charge in [0.15, 0.2) is 0 Å². The number of anilines is 1. The lowest BCUT2D eigenvalue weighted by Crippen LogP contribution is -2.29. The number of aromatic nitrogens is 1. The van der Waals surface area contributed by atoms with Gasteiger partial charge in [0.25, 0.3) is 11.6 Å². The number of amides is 1. The van der Waals surface area contributed by atoms with Crippen LogP contribution in [0.15, 0.2) is 54.6 Å². The summed E-state index contributed by atoms with van der Waals surface area (Å²) in [7, 11) is 0. The summed E-state index contributed by atoms with van der Waals surface area (Å²) in [6.45, 7) is 0. The van der Waals surface area contributed by atoms with E-state index in [0.717, 1.165) is 10.9 Å². The lowest BCUT2D eigenvalue weighted by Gasteiger charge is -2.07. The average Bonchev–Trinajstić information content (AvgIpc) is 2.97. The molecule has 0 atom stereocenters. The molecule has 0 unspecified atom stereocenters. The smallest absolute Gasteiger partial charge is 0.286 e. The van der Waals surface area contributed by atoms with E-state index in [2.05, 4.69) is 15.8 Å². The molecule has 0 aliphatic carbocycles. The third-order valence-electron chi connectivity index (χ3n) is 3.17. The average molecular weight is 296 g/mol. The van der Waals surface area contributed by atoms with E-state index in [1.54, 1.807) is 6.07 Å². The maximum atomic E-state index is 12.0. The lowest BCUT2D eigenvalue weighted by atomic mass is 10.2. The molecule has 3 N–H and O–H groups in total. The number of hydrogen-bond donors (Lipinski definition) is 3. The predicted molar refractivity (Wildman–Crippen MR) is 82.5 cm³/mol. The van der Waals surface area contributed by atoms with Crippen LogP contribution < -0.4 is 10.9 Å². The molecule has 7 heteroatoms. The number of carbonyl (C=O) groups excluding carboxylic acids is 1. The number of benzene rings is 2. The van der Waals surface area contributed by atoms with Crippen molar-refractivity contribution < 1.29 is 9.72 Å². The van der Waals surface area contributed by atoms with Crippen molar-refractivity contribution in [3.05, 3.63) is 70.4 Å². The van der Waals surface area contributed by atoms with Crippen LogP contribution in [-0.4, -0.2) is 15.8 Å². The molecule has 0 saturated heterocycles. The minimum atomic E-state index is -0.479. The van der Waals surface area contributed by atoms with Crippen LogP contribution in [-0.2, 0) is 0 Å². The molecule has 0 aliphatic rings. The molecule has 3 rings (SSSR count). The highest BCUT2D eigenvalue weighted by Crippen LogP contribution is 2.16. The van der Waals surface area contributed by atoms with Crippen molar-refractivity contribution >= 4 is 28.2 Å². The summed E-state index contributed by atoms with van der Waals surface area (Å²) >= 11 is 0. The van der Waals surface area contributed by atoms with Crippen LogP contribution >= 0.6 is 0 Å². The normalized spacial score (nSPS) is 10.4. The molecular weight excluding hydrogens is 284 g/mol. The van der Waals surface area contributed by atoms with Gasteiger partial charge in [-0.25, -0.2) is 0 Å². The number of hydrogen-bond acceptors (Lipinski definition) is 4. The molecule has 3 aromatic rings. The van der Waals surface area contributed by atoms with Crippen LogP contribution in [0.3, 0.4) is 0 Å². The molecule has 22 heavy (non-hydrogen) atoms. The summed E-state index contributed by atoms with van der Waals surface area (Å²) in [5.74, 6) is -0.324. The summed E-state index contributed by atoms with van der Waals surface area (Å²) in [6.07, 6.45) is 0. The second kappa shape index (κ2) is 5.57. The van der Waals surface area contributed by atoms with E-state index in [1.165, 1.54) is 24.3 Å². The molecule has 0 saturated carbocycles. The van der Waals surface area contributed by atoms with E-state index in [4.69, 9.17) is 0 Å². The Morgan fingerprint density at radius 3 is 2.50 bits per heavy atom. The lowest BCUT2D eigenvalue weighted by molar-refractivity contribution is -0.384. The second-order valence-electron chi connectivity index (χ2n) is 4.65. The molecule has 2 aromatic carbocycles. The molecule has 110 valence electrons. The zero-order chi connectivity index (χ0) is 15.5. The summed E-state index contributed by atoms with van der Waals surface area (Å²) < 4.78 is 0. The van der Waals surface area contributed by atoms with E-state index >= 15 is 0 Å². The van der Waals surface area contributed by atoms with Crippen molar-refractivity contribution in [3.63, 3.8) is 0 Å². The molecule has 0 bridgehead atoms. The Morgan fingerprint density at radius 1 is 1.09 bits per heavy atom. The number of fused-ring (bicyclic) bond motifs is 1. The van der Waals surface area contributed by atoms with Gasteiger partial charge in [-0.05, 0) is 24.3 Å². The maximum Gasteiger partial charge on any atom is 0.286 e. The van der Waals surface area contributed by atoms with Crippen molar-refractivity contribution in [2.45, 2.75) is 0 Å². The number of non-ortho nitro benzene ring substituents is 1. The van der Waals surface area contributed by atoms with Gasteiger partial charge >= 0.3 is 0 Å². The fourth-order valence-electron chi connectivity index (χ4n) is 2.06. The Balaban J connectivity index is 1.67. The van der Waals surface area contributed by atoms with Gasteiger partial charge < -0.3 is 4.98 Å². The molecule has 0 aliphatic heterocycles. The minimum Gasteiger partial charge on any atom is -0.350 e. The van der Waals surface area contributed by atoms with E-state index < -0.39 is 4.92 Å². The Kier molecular flexibility index (Phi) is 3.45. The van der Waals surface area contributed by atoms with E-state index in [0.29, 0.717) is 11.4 Å².